The van der Waals surface area contributed by atoms with Crippen LogP contribution in [-0.2, 0) is 19.4 Å². The van der Waals surface area contributed by atoms with Crippen LogP contribution in [0.5, 0.6) is 5.75 Å². The lowest BCUT2D eigenvalue weighted by molar-refractivity contribution is 0.175. The predicted octanol–water partition coefficient (Wildman–Crippen LogP) is 4.31. The molecule has 1 fully saturated rings. The highest BCUT2D eigenvalue weighted by molar-refractivity contribution is 5.87. The predicted molar refractivity (Wildman–Crippen MR) is 104 cm³/mol. The number of piperidine rings is 1. The molecule has 1 aromatic carbocycles. The Morgan fingerprint density at radius 2 is 1.96 bits per heavy atom. The van der Waals surface area contributed by atoms with Gasteiger partial charge >= 0.3 is 5.63 Å². The van der Waals surface area contributed by atoms with Crippen molar-refractivity contribution in [2.45, 2.75) is 65.3 Å². The van der Waals surface area contributed by atoms with Crippen LogP contribution in [0.15, 0.2) is 15.3 Å². The summed E-state index contributed by atoms with van der Waals surface area (Å²) >= 11 is 0. The van der Waals surface area contributed by atoms with Gasteiger partial charge in [-0.3, -0.25) is 4.90 Å². The van der Waals surface area contributed by atoms with E-state index in [1.54, 1.807) is 0 Å². The Labute approximate surface area is 154 Å². The highest BCUT2D eigenvalue weighted by Gasteiger charge is 2.23. The van der Waals surface area contributed by atoms with Gasteiger partial charge in [0.25, 0.3) is 0 Å². The summed E-state index contributed by atoms with van der Waals surface area (Å²) in [7, 11) is 0. The maximum Gasteiger partial charge on any atom is 0.339 e. The zero-order chi connectivity index (χ0) is 18.3. The molecule has 0 spiro atoms. The SMILES string of the molecule is Cc1c(O)c(CN2CCCC(C)C2)cc2c3c(c(=O)oc12)CCCCC3. The van der Waals surface area contributed by atoms with Crippen LogP contribution in [0.2, 0.25) is 0 Å². The molecule has 1 aliphatic heterocycles. The van der Waals surface area contributed by atoms with Crippen molar-refractivity contribution in [2.24, 2.45) is 5.92 Å². The normalized spacial score (nSPS) is 21.5. The second-order valence-electron chi connectivity index (χ2n) is 8.28. The standard InChI is InChI=1S/C22H29NO3/c1-14-7-6-10-23(12-14)13-16-11-19-17-8-4-3-5-9-18(17)22(25)26-21(19)15(2)20(16)24/h11,14,24H,3-10,12-13H2,1-2H3. The van der Waals surface area contributed by atoms with Crippen LogP contribution >= 0.6 is 0 Å². The summed E-state index contributed by atoms with van der Waals surface area (Å²) in [6, 6.07) is 2.09. The average Bonchev–Trinajstić information content (AvgIpc) is 2.87. The molecule has 2 heterocycles. The number of hydrogen-bond donors (Lipinski definition) is 1. The van der Waals surface area contributed by atoms with Crippen LogP contribution < -0.4 is 5.63 Å². The third-order valence-electron chi connectivity index (χ3n) is 6.18. The number of fused-ring (bicyclic) bond motifs is 3. The van der Waals surface area contributed by atoms with Gasteiger partial charge in [-0.2, -0.15) is 0 Å². The zero-order valence-corrected chi connectivity index (χ0v) is 15.9. The molecule has 2 aliphatic rings. The van der Waals surface area contributed by atoms with E-state index in [2.05, 4.69) is 17.9 Å². The molecule has 2 aromatic rings. The van der Waals surface area contributed by atoms with Crippen molar-refractivity contribution in [3.63, 3.8) is 0 Å². The molecule has 0 amide bonds. The van der Waals surface area contributed by atoms with Crippen LogP contribution in [0.4, 0.5) is 0 Å². The quantitative estimate of drug-likeness (QED) is 0.644. The largest absolute Gasteiger partial charge is 0.507 e. The van der Waals surface area contributed by atoms with Crippen LogP contribution in [-0.4, -0.2) is 23.1 Å². The van der Waals surface area contributed by atoms with Crippen LogP contribution in [0, 0.1) is 12.8 Å². The number of rotatable bonds is 2. The first-order chi connectivity index (χ1) is 12.5. The molecule has 1 saturated heterocycles. The molecule has 26 heavy (non-hydrogen) atoms. The summed E-state index contributed by atoms with van der Waals surface area (Å²) in [5.74, 6) is 0.995. The van der Waals surface area contributed by atoms with Crippen molar-refractivity contribution in [1.29, 1.82) is 0 Å². The van der Waals surface area contributed by atoms with Gasteiger partial charge in [-0.1, -0.05) is 13.3 Å². The third-order valence-corrected chi connectivity index (χ3v) is 6.18. The van der Waals surface area contributed by atoms with E-state index in [4.69, 9.17) is 4.42 Å². The van der Waals surface area contributed by atoms with E-state index in [0.717, 1.165) is 73.8 Å². The fraction of sp³-hybridized carbons (Fsp3) is 0.591. The molecule has 140 valence electrons. The first kappa shape index (κ1) is 17.6. The van der Waals surface area contributed by atoms with Gasteiger partial charge in [0.05, 0.1) is 0 Å². The molecule has 4 nitrogen and oxygen atoms in total. The lowest BCUT2D eigenvalue weighted by Crippen LogP contribution is -2.33. The van der Waals surface area contributed by atoms with E-state index < -0.39 is 0 Å². The van der Waals surface area contributed by atoms with Crippen LogP contribution in [0.1, 0.15) is 61.3 Å². The molecule has 1 aliphatic carbocycles. The van der Waals surface area contributed by atoms with Gasteiger partial charge in [0.15, 0.2) is 0 Å². The molecule has 4 rings (SSSR count). The van der Waals surface area contributed by atoms with E-state index in [9.17, 15) is 9.90 Å². The minimum Gasteiger partial charge on any atom is -0.507 e. The van der Waals surface area contributed by atoms with E-state index in [1.165, 1.54) is 12.8 Å². The number of phenolic OH excluding ortho intramolecular Hbond substituents is 1. The second-order valence-corrected chi connectivity index (χ2v) is 8.28. The molecule has 4 heteroatoms. The summed E-state index contributed by atoms with van der Waals surface area (Å²) < 4.78 is 5.66. The number of benzene rings is 1. The monoisotopic (exact) mass is 355 g/mol. The number of likely N-dealkylation sites (tertiary alicyclic amines) is 1. The Balaban J connectivity index is 1.82. The van der Waals surface area contributed by atoms with Crippen molar-refractivity contribution in [3.8, 4) is 5.75 Å². The van der Waals surface area contributed by atoms with E-state index >= 15 is 0 Å². The van der Waals surface area contributed by atoms with Gasteiger partial charge in [-0.25, -0.2) is 4.79 Å². The van der Waals surface area contributed by atoms with Gasteiger partial charge in [-0.15, -0.1) is 0 Å². The maximum absolute atomic E-state index is 12.5. The van der Waals surface area contributed by atoms with Gasteiger partial charge in [-0.05, 0) is 69.5 Å². The van der Waals surface area contributed by atoms with E-state index in [-0.39, 0.29) is 11.4 Å². The highest BCUT2D eigenvalue weighted by Crippen LogP contribution is 2.35. The fourth-order valence-electron chi connectivity index (χ4n) is 4.76. The fourth-order valence-corrected chi connectivity index (χ4v) is 4.76. The van der Waals surface area contributed by atoms with Crippen molar-refractivity contribution >= 4 is 11.0 Å². The Kier molecular flexibility index (Phi) is 4.78. The summed E-state index contributed by atoms with van der Waals surface area (Å²) in [5, 5.41) is 11.8. The number of phenols is 1. The third kappa shape index (κ3) is 3.16. The van der Waals surface area contributed by atoms with Gasteiger partial charge in [0, 0.05) is 35.2 Å². The molecular formula is C22H29NO3. The lowest BCUT2D eigenvalue weighted by Gasteiger charge is -2.31. The number of nitrogens with zero attached hydrogens (tertiary/aromatic N) is 1. The Hall–Kier alpha value is -1.81. The minimum atomic E-state index is -0.213. The molecule has 1 N–H and O–H groups in total. The first-order valence-corrected chi connectivity index (χ1v) is 10.1. The topological polar surface area (TPSA) is 53.7 Å². The smallest absolute Gasteiger partial charge is 0.339 e. The molecule has 0 bridgehead atoms. The Bertz CT molecular complexity index is 883. The number of aromatic hydroxyl groups is 1. The van der Waals surface area contributed by atoms with Crippen molar-refractivity contribution in [1.82, 2.24) is 4.90 Å². The van der Waals surface area contributed by atoms with Crippen LogP contribution in [0.3, 0.4) is 0 Å². The van der Waals surface area contributed by atoms with Crippen molar-refractivity contribution in [2.75, 3.05) is 13.1 Å². The molecule has 1 aromatic heterocycles. The van der Waals surface area contributed by atoms with Crippen molar-refractivity contribution < 1.29 is 9.52 Å². The maximum atomic E-state index is 12.5. The summed E-state index contributed by atoms with van der Waals surface area (Å²) in [4.78, 5) is 14.9. The summed E-state index contributed by atoms with van der Waals surface area (Å²) in [6.45, 7) is 7.10. The highest BCUT2D eigenvalue weighted by atomic mass is 16.4. The minimum absolute atomic E-state index is 0.213. The van der Waals surface area contributed by atoms with Crippen LogP contribution in [0.25, 0.3) is 11.0 Å². The Morgan fingerprint density at radius 3 is 2.73 bits per heavy atom. The van der Waals surface area contributed by atoms with Gasteiger partial charge in [0.1, 0.15) is 11.3 Å². The van der Waals surface area contributed by atoms with Crippen molar-refractivity contribution in [3.05, 3.63) is 38.7 Å². The Morgan fingerprint density at radius 1 is 1.19 bits per heavy atom. The average molecular weight is 355 g/mol. The lowest BCUT2D eigenvalue weighted by atomic mass is 9.95. The molecular weight excluding hydrogens is 326 g/mol. The second kappa shape index (κ2) is 7.07. The zero-order valence-electron chi connectivity index (χ0n) is 15.9. The van der Waals surface area contributed by atoms with Gasteiger partial charge < -0.3 is 9.52 Å². The van der Waals surface area contributed by atoms with E-state index in [0.29, 0.717) is 17.1 Å². The van der Waals surface area contributed by atoms with E-state index in [1.807, 2.05) is 6.92 Å². The molecule has 1 unspecified atom stereocenters. The number of aryl methyl sites for hydroxylation is 2. The molecule has 0 radical (unpaired) electrons. The summed E-state index contributed by atoms with van der Waals surface area (Å²) in [6.07, 6.45) is 7.58. The summed E-state index contributed by atoms with van der Waals surface area (Å²) in [5.41, 5.74) is 4.04. The molecule has 0 saturated carbocycles. The first-order valence-electron chi connectivity index (χ1n) is 10.1. The van der Waals surface area contributed by atoms with Gasteiger partial charge in [0.2, 0.25) is 0 Å². The molecule has 1 atom stereocenters. The number of hydrogen-bond acceptors (Lipinski definition) is 4.